The van der Waals surface area contributed by atoms with Crippen LogP contribution in [0.5, 0.6) is 0 Å². The predicted octanol–water partition coefficient (Wildman–Crippen LogP) is 1.20. The number of hydrogen-bond donors (Lipinski definition) is 4. The zero-order chi connectivity index (χ0) is 26.0. The molecule has 0 unspecified atom stereocenters. The second-order valence-electron chi connectivity index (χ2n) is 7.50. The number of carboxylic acids is 2. The molecular formula is C23H26FN3O7S. The normalized spacial score (nSPS) is 14.0. The van der Waals surface area contributed by atoms with Gasteiger partial charge in [-0.2, -0.15) is 0 Å². The third-order valence-electron chi connectivity index (χ3n) is 4.88. The van der Waals surface area contributed by atoms with Crippen LogP contribution < -0.4 is 16.0 Å². The minimum Gasteiger partial charge on any atom is -0.478 e. The number of nitrogens with one attached hydrogen (secondary N) is 1. The molecule has 188 valence electrons. The van der Waals surface area contributed by atoms with E-state index in [9.17, 15) is 27.2 Å². The first-order chi connectivity index (χ1) is 16.5. The summed E-state index contributed by atoms with van der Waals surface area (Å²) in [6, 6.07) is 9.73. The number of primary amides is 1. The number of carboxylic acid groups (broad SMARTS) is 2. The number of benzene rings is 2. The number of aliphatic carboxylic acids is 2. The summed E-state index contributed by atoms with van der Waals surface area (Å²) < 4.78 is 39.5. The van der Waals surface area contributed by atoms with Crippen molar-refractivity contribution in [3.63, 3.8) is 0 Å². The Hall–Kier alpha value is -3.77. The second-order valence-corrected chi connectivity index (χ2v) is 9.41. The summed E-state index contributed by atoms with van der Waals surface area (Å²) in [5.74, 6) is -3.78. The van der Waals surface area contributed by atoms with Gasteiger partial charge in [-0.15, -0.1) is 0 Å². The number of halogens is 1. The number of anilines is 1. The largest absolute Gasteiger partial charge is 0.478 e. The lowest BCUT2D eigenvalue weighted by Crippen LogP contribution is -2.28. The topological polar surface area (TPSA) is 167 Å². The molecule has 0 radical (unpaired) electrons. The van der Waals surface area contributed by atoms with Gasteiger partial charge in [-0.25, -0.2) is 22.4 Å². The number of nitrogens with zero attached hydrogens (tertiary/aromatic N) is 1. The first-order valence-electron chi connectivity index (χ1n) is 10.5. The summed E-state index contributed by atoms with van der Waals surface area (Å²) >= 11 is 0. The van der Waals surface area contributed by atoms with Crippen LogP contribution in [-0.4, -0.2) is 62.7 Å². The van der Waals surface area contributed by atoms with E-state index in [4.69, 9.17) is 15.9 Å². The Balaban J connectivity index is 0.000000466. The van der Waals surface area contributed by atoms with Crippen LogP contribution >= 0.6 is 0 Å². The summed E-state index contributed by atoms with van der Waals surface area (Å²) in [6.45, 7) is 3.37. The molecule has 0 aromatic heterocycles. The summed E-state index contributed by atoms with van der Waals surface area (Å²) in [5, 5.41) is 18.9. The maximum atomic E-state index is 13.5. The predicted molar refractivity (Wildman–Crippen MR) is 125 cm³/mol. The fourth-order valence-corrected chi connectivity index (χ4v) is 4.86. The average Bonchev–Trinajstić information content (AvgIpc) is 3.07. The minimum atomic E-state index is -3.97. The maximum Gasteiger partial charge on any atom is 0.328 e. The SMILES string of the molecule is NC(=O)Cc1cc(N2CCCNCC2)ccc1S(=O)(=O)c1cccc(F)c1.O=C(O)C=CC(=O)O. The molecule has 2 aromatic carbocycles. The molecule has 2 aromatic rings. The lowest BCUT2D eigenvalue weighted by atomic mass is 10.1. The zero-order valence-corrected chi connectivity index (χ0v) is 19.5. The first kappa shape index (κ1) is 27.5. The summed E-state index contributed by atoms with van der Waals surface area (Å²) in [5.41, 5.74) is 6.50. The lowest BCUT2D eigenvalue weighted by Gasteiger charge is -2.23. The van der Waals surface area contributed by atoms with Crippen LogP contribution in [0.25, 0.3) is 0 Å². The molecule has 1 aliphatic rings. The van der Waals surface area contributed by atoms with Gasteiger partial charge in [0.05, 0.1) is 16.2 Å². The van der Waals surface area contributed by atoms with E-state index in [1.165, 1.54) is 24.3 Å². The van der Waals surface area contributed by atoms with Crippen LogP contribution in [0.3, 0.4) is 0 Å². The van der Waals surface area contributed by atoms with Crippen molar-refractivity contribution in [1.29, 1.82) is 0 Å². The lowest BCUT2D eigenvalue weighted by molar-refractivity contribution is -0.134. The smallest absolute Gasteiger partial charge is 0.328 e. The van der Waals surface area contributed by atoms with Crippen LogP contribution in [0.1, 0.15) is 12.0 Å². The second kappa shape index (κ2) is 12.6. The fraction of sp³-hybridized carbons (Fsp3) is 0.261. The molecule has 0 atom stereocenters. The van der Waals surface area contributed by atoms with E-state index in [-0.39, 0.29) is 16.2 Å². The Labute approximate surface area is 201 Å². The Morgan fingerprint density at radius 2 is 1.71 bits per heavy atom. The minimum absolute atomic E-state index is 0.0244. The quantitative estimate of drug-likeness (QED) is 0.403. The Bertz CT molecular complexity index is 1190. The van der Waals surface area contributed by atoms with Crippen molar-refractivity contribution in [2.45, 2.75) is 22.6 Å². The van der Waals surface area contributed by atoms with Gasteiger partial charge < -0.3 is 26.2 Å². The van der Waals surface area contributed by atoms with E-state index in [2.05, 4.69) is 10.2 Å². The fourth-order valence-electron chi connectivity index (χ4n) is 3.36. The monoisotopic (exact) mass is 507 g/mol. The van der Waals surface area contributed by atoms with Gasteiger partial charge in [0.1, 0.15) is 5.82 Å². The number of hydrogen-bond acceptors (Lipinski definition) is 7. The third kappa shape index (κ3) is 8.50. The first-order valence-corrected chi connectivity index (χ1v) is 12.0. The van der Waals surface area contributed by atoms with Crippen molar-refractivity contribution in [2.75, 3.05) is 31.1 Å². The Morgan fingerprint density at radius 1 is 1.03 bits per heavy atom. The van der Waals surface area contributed by atoms with Crippen molar-refractivity contribution < 1.29 is 37.4 Å². The third-order valence-corrected chi connectivity index (χ3v) is 6.73. The molecule has 5 N–H and O–H groups in total. The summed E-state index contributed by atoms with van der Waals surface area (Å²) in [7, 11) is -3.97. The number of rotatable bonds is 7. The van der Waals surface area contributed by atoms with Crippen LogP contribution in [0.2, 0.25) is 0 Å². The molecule has 0 aliphatic carbocycles. The molecule has 1 amide bonds. The Kier molecular flexibility index (Phi) is 9.91. The highest BCUT2D eigenvalue weighted by Crippen LogP contribution is 2.29. The van der Waals surface area contributed by atoms with Crippen molar-refractivity contribution >= 4 is 33.4 Å². The highest BCUT2D eigenvalue weighted by Gasteiger charge is 2.24. The average molecular weight is 508 g/mol. The van der Waals surface area contributed by atoms with E-state index < -0.39 is 33.5 Å². The highest BCUT2D eigenvalue weighted by atomic mass is 32.2. The van der Waals surface area contributed by atoms with Gasteiger partial charge in [0, 0.05) is 37.5 Å². The Morgan fingerprint density at radius 3 is 2.31 bits per heavy atom. The highest BCUT2D eigenvalue weighted by molar-refractivity contribution is 7.91. The molecule has 10 nitrogen and oxygen atoms in total. The van der Waals surface area contributed by atoms with Gasteiger partial charge in [-0.05, 0) is 54.9 Å². The molecule has 12 heteroatoms. The number of sulfone groups is 1. The summed E-state index contributed by atoms with van der Waals surface area (Å²) in [6.07, 6.45) is 1.88. The molecule has 1 heterocycles. The molecule has 0 spiro atoms. The van der Waals surface area contributed by atoms with E-state index >= 15 is 0 Å². The van der Waals surface area contributed by atoms with Gasteiger partial charge in [-0.1, -0.05) is 6.07 Å². The maximum absolute atomic E-state index is 13.5. The van der Waals surface area contributed by atoms with Crippen LogP contribution in [-0.2, 0) is 30.6 Å². The van der Waals surface area contributed by atoms with Crippen LogP contribution in [0.4, 0.5) is 10.1 Å². The number of amides is 1. The molecule has 1 fully saturated rings. The van der Waals surface area contributed by atoms with Gasteiger partial charge in [0.15, 0.2) is 0 Å². The van der Waals surface area contributed by atoms with E-state index in [0.717, 1.165) is 44.4 Å². The van der Waals surface area contributed by atoms with Gasteiger partial charge in [0.2, 0.25) is 15.7 Å². The molecule has 0 saturated carbocycles. The van der Waals surface area contributed by atoms with Crippen LogP contribution in [0.15, 0.2) is 64.4 Å². The molecular weight excluding hydrogens is 481 g/mol. The summed E-state index contributed by atoms with van der Waals surface area (Å²) in [4.78, 5) is 32.6. The van der Waals surface area contributed by atoms with E-state index in [0.29, 0.717) is 17.7 Å². The van der Waals surface area contributed by atoms with Crippen molar-refractivity contribution in [3.05, 3.63) is 66.0 Å². The number of carbonyl (C=O) groups excluding carboxylic acids is 1. The van der Waals surface area contributed by atoms with Crippen molar-refractivity contribution in [1.82, 2.24) is 5.32 Å². The number of nitrogens with two attached hydrogens (primary N) is 1. The zero-order valence-electron chi connectivity index (χ0n) is 18.7. The standard InChI is InChI=1S/C19H22FN3O3S.C4H4O4/c20-15-3-1-4-17(13-15)27(25,26)18-6-5-16(11-14(18)12-19(21)24)23-9-2-7-22-8-10-23;5-3(6)1-2-4(7)8/h1,3-6,11,13,22H,2,7-10,12H2,(H2,21,24);1-2H,(H,5,6)(H,7,8). The molecule has 3 rings (SSSR count). The van der Waals surface area contributed by atoms with Crippen molar-refractivity contribution in [3.8, 4) is 0 Å². The molecule has 35 heavy (non-hydrogen) atoms. The van der Waals surface area contributed by atoms with Gasteiger partial charge >= 0.3 is 11.9 Å². The molecule has 0 bridgehead atoms. The van der Waals surface area contributed by atoms with Crippen LogP contribution in [0, 0.1) is 5.82 Å². The molecule has 1 saturated heterocycles. The van der Waals surface area contributed by atoms with E-state index in [1.54, 1.807) is 12.1 Å². The van der Waals surface area contributed by atoms with Gasteiger partial charge in [0.25, 0.3) is 0 Å². The molecule has 1 aliphatic heterocycles. The van der Waals surface area contributed by atoms with Crippen molar-refractivity contribution in [2.24, 2.45) is 5.73 Å². The number of carbonyl (C=O) groups is 3. The van der Waals surface area contributed by atoms with E-state index in [1.807, 2.05) is 0 Å². The van der Waals surface area contributed by atoms with Gasteiger partial charge in [-0.3, -0.25) is 4.79 Å².